The monoisotopic (exact) mass is 324 g/mol. The third kappa shape index (κ3) is 2.93. The van der Waals surface area contributed by atoms with Crippen LogP contribution in [0.2, 0.25) is 4.34 Å². The maximum Gasteiger partial charge on any atom is 0.435 e. The van der Waals surface area contributed by atoms with Crippen molar-refractivity contribution >= 4 is 34.0 Å². The van der Waals surface area contributed by atoms with E-state index in [0.717, 1.165) is 16.0 Å². The molecular weight excluding hydrogens is 317 g/mol. The Morgan fingerprint density at radius 3 is 2.60 bits per heavy atom. The van der Waals surface area contributed by atoms with Gasteiger partial charge in [-0.1, -0.05) is 22.9 Å². The molecule has 2 rings (SSSR count). The number of amides is 1. The van der Waals surface area contributed by atoms with Crippen LogP contribution in [-0.2, 0) is 13.2 Å². The summed E-state index contributed by atoms with van der Waals surface area (Å²) in [7, 11) is 1.25. The number of aromatic nitrogens is 3. The number of thiazole rings is 1. The van der Waals surface area contributed by atoms with Gasteiger partial charge in [-0.25, -0.2) is 4.98 Å². The summed E-state index contributed by atoms with van der Waals surface area (Å²) in [5, 5.41) is 5.85. The van der Waals surface area contributed by atoms with E-state index in [1.807, 2.05) is 0 Å². The Kier molecular flexibility index (Phi) is 3.74. The molecule has 1 amide bonds. The van der Waals surface area contributed by atoms with E-state index < -0.39 is 17.8 Å². The SMILES string of the molecule is Cc1nc(NC(=O)c2cc(C(F)(F)F)nn2C)sc1Cl. The van der Waals surface area contributed by atoms with E-state index in [1.54, 1.807) is 6.92 Å². The van der Waals surface area contributed by atoms with Crippen molar-refractivity contribution in [1.29, 1.82) is 0 Å². The molecule has 0 spiro atoms. The topological polar surface area (TPSA) is 59.8 Å². The first-order chi connectivity index (χ1) is 9.18. The highest BCUT2D eigenvalue weighted by Gasteiger charge is 2.35. The van der Waals surface area contributed by atoms with E-state index in [4.69, 9.17) is 11.6 Å². The largest absolute Gasteiger partial charge is 0.435 e. The summed E-state index contributed by atoms with van der Waals surface area (Å²) in [6.07, 6.45) is -4.60. The van der Waals surface area contributed by atoms with Crippen LogP contribution in [0, 0.1) is 6.92 Å². The lowest BCUT2D eigenvalue weighted by atomic mass is 10.3. The molecule has 0 aliphatic heterocycles. The smallest absolute Gasteiger partial charge is 0.296 e. The van der Waals surface area contributed by atoms with Crippen molar-refractivity contribution in [2.75, 3.05) is 5.32 Å². The number of alkyl halides is 3. The Balaban J connectivity index is 2.23. The van der Waals surface area contributed by atoms with Crippen LogP contribution in [0.25, 0.3) is 0 Å². The van der Waals surface area contributed by atoms with Crippen molar-refractivity contribution in [3.8, 4) is 0 Å². The third-order valence-electron chi connectivity index (χ3n) is 2.36. The van der Waals surface area contributed by atoms with Crippen LogP contribution in [0.5, 0.6) is 0 Å². The molecule has 0 radical (unpaired) electrons. The van der Waals surface area contributed by atoms with Crippen LogP contribution in [0.4, 0.5) is 18.3 Å². The maximum atomic E-state index is 12.5. The predicted octanol–water partition coefficient (Wildman–Crippen LogP) is 3.11. The molecule has 0 bridgehead atoms. The maximum absolute atomic E-state index is 12.5. The second-order valence-electron chi connectivity index (χ2n) is 3.87. The number of carbonyl (C=O) groups excluding carboxylic acids is 1. The van der Waals surface area contributed by atoms with Crippen LogP contribution < -0.4 is 5.32 Å². The molecule has 108 valence electrons. The normalized spacial score (nSPS) is 11.7. The van der Waals surface area contributed by atoms with Crippen molar-refractivity contribution < 1.29 is 18.0 Å². The zero-order chi connectivity index (χ0) is 15.1. The Hall–Kier alpha value is -1.61. The van der Waals surface area contributed by atoms with Gasteiger partial charge in [-0.3, -0.25) is 14.8 Å². The standard InChI is InChI=1S/C10H8ClF3N4OS/c1-4-7(11)20-9(15-4)16-8(19)5-3-6(10(12,13)14)17-18(5)2/h3H,1-2H3,(H,15,16,19). The zero-order valence-electron chi connectivity index (χ0n) is 10.2. The first-order valence-corrected chi connectivity index (χ1v) is 6.43. The average molecular weight is 325 g/mol. The molecule has 2 heterocycles. The van der Waals surface area contributed by atoms with Gasteiger partial charge >= 0.3 is 6.18 Å². The van der Waals surface area contributed by atoms with Crippen LogP contribution in [-0.4, -0.2) is 20.7 Å². The summed E-state index contributed by atoms with van der Waals surface area (Å²) in [4.78, 5) is 15.8. The lowest BCUT2D eigenvalue weighted by molar-refractivity contribution is -0.141. The Morgan fingerprint density at radius 1 is 1.50 bits per heavy atom. The summed E-state index contributed by atoms with van der Waals surface area (Å²) in [5.41, 5.74) is -0.812. The lowest BCUT2D eigenvalue weighted by Crippen LogP contribution is -2.15. The van der Waals surface area contributed by atoms with Crippen LogP contribution in [0.15, 0.2) is 6.07 Å². The molecule has 0 aromatic carbocycles. The van der Waals surface area contributed by atoms with Gasteiger partial charge in [-0.2, -0.15) is 18.3 Å². The van der Waals surface area contributed by atoms with E-state index in [0.29, 0.717) is 16.1 Å². The van der Waals surface area contributed by atoms with Gasteiger partial charge in [-0.05, 0) is 6.92 Å². The second-order valence-corrected chi connectivity index (χ2v) is 5.47. The summed E-state index contributed by atoms with van der Waals surface area (Å²) < 4.78 is 38.7. The number of aryl methyl sites for hydroxylation is 2. The Labute approximate surface area is 120 Å². The molecule has 2 aromatic heterocycles. The van der Waals surface area contributed by atoms with Gasteiger partial charge < -0.3 is 0 Å². The minimum atomic E-state index is -4.60. The van der Waals surface area contributed by atoms with Crippen LogP contribution >= 0.6 is 22.9 Å². The number of nitrogens with one attached hydrogen (secondary N) is 1. The number of hydrogen-bond donors (Lipinski definition) is 1. The molecule has 5 nitrogen and oxygen atoms in total. The lowest BCUT2D eigenvalue weighted by Gasteiger charge is -2.00. The van der Waals surface area contributed by atoms with Crippen LogP contribution in [0.3, 0.4) is 0 Å². The fourth-order valence-electron chi connectivity index (χ4n) is 1.41. The van der Waals surface area contributed by atoms with E-state index in [9.17, 15) is 18.0 Å². The number of anilines is 1. The minimum Gasteiger partial charge on any atom is -0.296 e. The fraction of sp³-hybridized carbons (Fsp3) is 0.300. The summed E-state index contributed by atoms with van der Waals surface area (Å²) in [5.74, 6) is -0.735. The third-order valence-corrected chi connectivity index (χ3v) is 3.73. The summed E-state index contributed by atoms with van der Waals surface area (Å²) in [6.45, 7) is 1.65. The summed E-state index contributed by atoms with van der Waals surface area (Å²) >= 11 is 6.82. The zero-order valence-corrected chi connectivity index (χ0v) is 11.8. The Morgan fingerprint density at radius 2 is 2.15 bits per heavy atom. The van der Waals surface area contributed by atoms with Gasteiger partial charge in [0.15, 0.2) is 10.8 Å². The molecule has 0 aliphatic rings. The quantitative estimate of drug-likeness (QED) is 0.923. The van der Waals surface area contributed by atoms with E-state index >= 15 is 0 Å². The van der Waals surface area contributed by atoms with Crippen LogP contribution in [0.1, 0.15) is 21.9 Å². The van der Waals surface area contributed by atoms with E-state index in [-0.39, 0.29) is 10.8 Å². The highest BCUT2D eigenvalue weighted by molar-refractivity contribution is 7.19. The molecule has 0 aliphatic carbocycles. The van der Waals surface area contributed by atoms with Gasteiger partial charge in [0.25, 0.3) is 5.91 Å². The van der Waals surface area contributed by atoms with E-state index in [1.165, 1.54) is 7.05 Å². The molecule has 2 aromatic rings. The Bertz CT molecular complexity index is 644. The van der Waals surface area contributed by atoms with Crippen molar-refractivity contribution in [2.24, 2.45) is 7.05 Å². The fourth-order valence-corrected chi connectivity index (χ4v) is 2.36. The first kappa shape index (κ1) is 14.8. The van der Waals surface area contributed by atoms with Crippen molar-refractivity contribution in [2.45, 2.75) is 13.1 Å². The number of nitrogens with zero attached hydrogens (tertiary/aromatic N) is 3. The number of carbonyl (C=O) groups is 1. The number of hydrogen-bond acceptors (Lipinski definition) is 4. The molecule has 0 unspecified atom stereocenters. The molecule has 0 atom stereocenters. The highest BCUT2D eigenvalue weighted by atomic mass is 35.5. The van der Waals surface area contributed by atoms with Gasteiger partial charge in [0.2, 0.25) is 0 Å². The van der Waals surface area contributed by atoms with Gasteiger partial charge in [-0.15, -0.1) is 0 Å². The molecule has 10 heteroatoms. The average Bonchev–Trinajstić information content (AvgIpc) is 2.83. The van der Waals surface area contributed by atoms with Crippen molar-refractivity contribution in [1.82, 2.24) is 14.8 Å². The number of halogens is 4. The molecule has 0 fully saturated rings. The molecular formula is C10H8ClF3N4OS. The molecule has 0 saturated carbocycles. The summed E-state index contributed by atoms with van der Waals surface area (Å²) in [6, 6.07) is 0.678. The van der Waals surface area contributed by atoms with E-state index in [2.05, 4.69) is 15.4 Å². The van der Waals surface area contributed by atoms with Gasteiger partial charge in [0.05, 0.1) is 5.69 Å². The second kappa shape index (κ2) is 5.06. The predicted molar refractivity (Wildman–Crippen MR) is 68.0 cm³/mol. The molecule has 1 N–H and O–H groups in total. The molecule has 0 saturated heterocycles. The molecule has 20 heavy (non-hydrogen) atoms. The van der Waals surface area contributed by atoms with Gasteiger partial charge in [0, 0.05) is 13.1 Å². The van der Waals surface area contributed by atoms with Crippen molar-refractivity contribution in [3.63, 3.8) is 0 Å². The first-order valence-electron chi connectivity index (χ1n) is 5.24. The minimum absolute atomic E-state index is 0.215. The van der Waals surface area contributed by atoms with Crippen molar-refractivity contribution in [3.05, 3.63) is 27.5 Å². The highest BCUT2D eigenvalue weighted by Crippen LogP contribution is 2.29. The van der Waals surface area contributed by atoms with Gasteiger partial charge in [0.1, 0.15) is 10.0 Å². The number of rotatable bonds is 2.